The van der Waals surface area contributed by atoms with Gasteiger partial charge in [0.2, 0.25) is 0 Å². The summed E-state index contributed by atoms with van der Waals surface area (Å²) in [5, 5.41) is 2.42. The van der Waals surface area contributed by atoms with Crippen LogP contribution in [0.1, 0.15) is 72.1 Å². The summed E-state index contributed by atoms with van der Waals surface area (Å²) in [6, 6.07) is 21.3. The maximum absolute atomic E-state index is 6.94. The Labute approximate surface area is 173 Å². The smallest absolute Gasteiger partial charge is 0.388 e. The van der Waals surface area contributed by atoms with Gasteiger partial charge in [0.05, 0.1) is 0 Å². The SMILES string of the molecule is CCCCCCCO[Si](OC(CC)CCC)(c1ccccc1)c1ccccc1. The molecule has 28 heavy (non-hydrogen) atoms. The largest absolute Gasteiger partial charge is 0.407 e. The molecule has 2 aromatic rings. The first-order valence-electron chi connectivity index (χ1n) is 11.2. The minimum absolute atomic E-state index is 0.233. The quantitative estimate of drug-likeness (QED) is 0.295. The zero-order valence-electron chi connectivity index (χ0n) is 18.0. The van der Waals surface area contributed by atoms with Gasteiger partial charge in [-0.15, -0.1) is 0 Å². The summed E-state index contributed by atoms with van der Waals surface area (Å²) in [5.74, 6) is 0. The molecule has 0 aliphatic heterocycles. The van der Waals surface area contributed by atoms with Gasteiger partial charge in [-0.05, 0) is 29.6 Å². The zero-order chi connectivity index (χ0) is 20.1. The lowest BCUT2D eigenvalue weighted by Crippen LogP contribution is -2.64. The maximum atomic E-state index is 6.94. The topological polar surface area (TPSA) is 18.5 Å². The fraction of sp³-hybridized carbons (Fsp3) is 0.520. The van der Waals surface area contributed by atoms with Gasteiger partial charge >= 0.3 is 8.56 Å². The molecule has 2 aromatic carbocycles. The predicted molar refractivity (Wildman–Crippen MR) is 123 cm³/mol. The van der Waals surface area contributed by atoms with Crippen LogP contribution in [-0.4, -0.2) is 21.3 Å². The molecule has 0 aliphatic rings. The van der Waals surface area contributed by atoms with E-state index in [1.165, 1.54) is 36.1 Å². The van der Waals surface area contributed by atoms with Crippen molar-refractivity contribution in [3.05, 3.63) is 60.7 Å². The molecule has 0 amide bonds. The Balaban J connectivity index is 2.32. The van der Waals surface area contributed by atoms with Crippen molar-refractivity contribution in [1.82, 2.24) is 0 Å². The number of hydrogen-bond acceptors (Lipinski definition) is 2. The molecule has 0 saturated carbocycles. The van der Waals surface area contributed by atoms with Crippen molar-refractivity contribution in [2.45, 2.75) is 78.2 Å². The first kappa shape index (κ1) is 22.9. The molecule has 0 radical (unpaired) electrons. The summed E-state index contributed by atoms with van der Waals surface area (Å²) in [7, 11) is -2.74. The molecule has 3 heteroatoms. The van der Waals surface area contributed by atoms with Gasteiger partial charge in [-0.1, -0.05) is 114 Å². The minimum atomic E-state index is -2.74. The van der Waals surface area contributed by atoms with Crippen LogP contribution < -0.4 is 10.4 Å². The fourth-order valence-corrected chi connectivity index (χ4v) is 7.10. The Kier molecular flexibility index (Phi) is 10.6. The van der Waals surface area contributed by atoms with Crippen LogP contribution in [-0.2, 0) is 8.85 Å². The van der Waals surface area contributed by atoms with Crippen molar-refractivity contribution >= 4 is 18.9 Å². The average Bonchev–Trinajstić information content (AvgIpc) is 2.76. The summed E-state index contributed by atoms with van der Waals surface area (Å²) in [4.78, 5) is 0. The maximum Gasteiger partial charge on any atom is 0.407 e. The van der Waals surface area contributed by atoms with Crippen molar-refractivity contribution in [2.75, 3.05) is 6.61 Å². The molecular formula is C25H38O2Si. The molecular weight excluding hydrogens is 360 g/mol. The number of rotatable bonds is 14. The van der Waals surface area contributed by atoms with Crippen LogP contribution in [0.15, 0.2) is 60.7 Å². The first-order chi connectivity index (χ1) is 13.8. The molecule has 0 spiro atoms. The molecule has 1 atom stereocenters. The molecule has 0 aromatic heterocycles. The Morgan fingerprint density at radius 2 is 1.29 bits per heavy atom. The molecule has 1 unspecified atom stereocenters. The average molecular weight is 399 g/mol. The monoisotopic (exact) mass is 398 g/mol. The van der Waals surface area contributed by atoms with Crippen LogP contribution in [0, 0.1) is 0 Å². The van der Waals surface area contributed by atoms with Crippen LogP contribution in [0.3, 0.4) is 0 Å². The van der Waals surface area contributed by atoms with Crippen LogP contribution in [0.4, 0.5) is 0 Å². The van der Waals surface area contributed by atoms with E-state index in [2.05, 4.69) is 81.4 Å². The van der Waals surface area contributed by atoms with E-state index in [-0.39, 0.29) is 6.10 Å². The molecule has 0 N–H and O–H groups in total. The predicted octanol–water partition coefficient (Wildman–Crippen LogP) is 5.83. The second-order valence-corrected chi connectivity index (χ2v) is 10.5. The Morgan fingerprint density at radius 1 is 0.714 bits per heavy atom. The zero-order valence-corrected chi connectivity index (χ0v) is 19.0. The van der Waals surface area contributed by atoms with Gasteiger partial charge in [-0.25, -0.2) is 0 Å². The molecule has 2 nitrogen and oxygen atoms in total. The summed E-state index contributed by atoms with van der Waals surface area (Å²) >= 11 is 0. The molecule has 0 heterocycles. The van der Waals surface area contributed by atoms with Crippen molar-refractivity contribution < 1.29 is 8.85 Å². The Hall–Kier alpha value is -1.42. The second kappa shape index (κ2) is 12.9. The van der Waals surface area contributed by atoms with Crippen molar-refractivity contribution in [3.8, 4) is 0 Å². The highest BCUT2D eigenvalue weighted by Crippen LogP contribution is 2.18. The van der Waals surface area contributed by atoms with E-state index in [1.807, 2.05) is 0 Å². The van der Waals surface area contributed by atoms with E-state index >= 15 is 0 Å². The van der Waals surface area contributed by atoms with Crippen LogP contribution >= 0.6 is 0 Å². The van der Waals surface area contributed by atoms with Gasteiger partial charge in [-0.3, -0.25) is 0 Å². The van der Waals surface area contributed by atoms with E-state index in [0.29, 0.717) is 0 Å². The van der Waals surface area contributed by atoms with E-state index < -0.39 is 8.56 Å². The van der Waals surface area contributed by atoms with E-state index in [0.717, 1.165) is 32.3 Å². The third-order valence-corrected chi connectivity index (χ3v) is 8.72. The summed E-state index contributed by atoms with van der Waals surface area (Å²) < 4.78 is 13.7. The van der Waals surface area contributed by atoms with Gasteiger partial charge in [0.25, 0.3) is 0 Å². The van der Waals surface area contributed by atoms with Gasteiger partial charge in [0.1, 0.15) is 0 Å². The van der Waals surface area contributed by atoms with Crippen molar-refractivity contribution in [1.29, 1.82) is 0 Å². The van der Waals surface area contributed by atoms with Crippen molar-refractivity contribution in [3.63, 3.8) is 0 Å². The Bertz CT molecular complexity index is 590. The number of unbranched alkanes of at least 4 members (excludes halogenated alkanes) is 4. The highest BCUT2D eigenvalue weighted by molar-refractivity contribution is 6.92. The Morgan fingerprint density at radius 3 is 1.79 bits per heavy atom. The normalized spacial score (nSPS) is 12.8. The van der Waals surface area contributed by atoms with Crippen molar-refractivity contribution in [2.24, 2.45) is 0 Å². The van der Waals surface area contributed by atoms with E-state index in [9.17, 15) is 0 Å². The third kappa shape index (κ3) is 6.58. The van der Waals surface area contributed by atoms with E-state index in [4.69, 9.17) is 8.85 Å². The molecule has 0 aliphatic carbocycles. The molecule has 0 bridgehead atoms. The van der Waals surface area contributed by atoms with Gasteiger partial charge in [0.15, 0.2) is 0 Å². The second-order valence-electron chi connectivity index (χ2n) is 7.55. The van der Waals surface area contributed by atoms with Crippen LogP contribution in [0.5, 0.6) is 0 Å². The molecule has 0 fully saturated rings. The molecule has 154 valence electrons. The lowest BCUT2D eigenvalue weighted by Gasteiger charge is -2.35. The van der Waals surface area contributed by atoms with Crippen LogP contribution in [0.25, 0.3) is 0 Å². The summed E-state index contributed by atoms with van der Waals surface area (Å²) in [5.41, 5.74) is 0. The first-order valence-corrected chi connectivity index (χ1v) is 13.0. The van der Waals surface area contributed by atoms with Crippen LogP contribution in [0.2, 0.25) is 0 Å². The lowest BCUT2D eigenvalue weighted by molar-refractivity contribution is 0.119. The highest BCUT2D eigenvalue weighted by atomic mass is 28.4. The number of benzene rings is 2. The summed E-state index contributed by atoms with van der Waals surface area (Å²) in [6.07, 6.45) is 9.65. The fourth-order valence-electron chi connectivity index (χ4n) is 3.64. The third-order valence-electron chi connectivity index (χ3n) is 5.26. The highest BCUT2D eigenvalue weighted by Gasteiger charge is 2.44. The summed E-state index contributed by atoms with van der Waals surface area (Å²) in [6.45, 7) is 7.48. The minimum Gasteiger partial charge on any atom is -0.388 e. The van der Waals surface area contributed by atoms with Gasteiger partial charge in [0, 0.05) is 12.7 Å². The van der Waals surface area contributed by atoms with Gasteiger partial charge in [-0.2, -0.15) is 0 Å². The standard InChI is InChI=1S/C25H38O2Si/c1-4-7-8-9-16-22-26-28(24-18-12-10-13-19-24,25-20-14-11-15-21-25)27-23(6-3)17-5-2/h10-15,18-21,23H,4-9,16-17,22H2,1-3H3. The van der Waals surface area contributed by atoms with E-state index in [1.54, 1.807) is 0 Å². The lowest BCUT2D eigenvalue weighted by atomic mass is 10.2. The van der Waals surface area contributed by atoms with Gasteiger partial charge < -0.3 is 8.85 Å². The molecule has 2 rings (SSSR count). The molecule has 0 saturated heterocycles. The number of hydrogen-bond donors (Lipinski definition) is 0.